The fourth-order valence-corrected chi connectivity index (χ4v) is 3.35. The maximum atomic E-state index is 5.75. The van der Waals surface area contributed by atoms with Crippen molar-refractivity contribution in [1.82, 2.24) is 15.5 Å². The van der Waals surface area contributed by atoms with Crippen molar-refractivity contribution in [2.75, 3.05) is 53.0 Å². The van der Waals surface area contributed by atoms with Crippen molar-refractivity contribution in [1.29, 1.82) is 0 Å². The Kier molecular flexibility index (Phi) is 10.9. The number of hydrogen-bond donors (Lipinski definition) is 2. The van der Waals surface area contributed by atoms with Crippen molar-refractivity contribution in [3.8, 4) is 5.75 Å². The van der Waals surface area contributed by atoms with Crippen LogP contribution in [-0.2, 0) is 11.2 Å². The lowest BCUT2D eigenvalue weighted by molar-refractivity contribution is 0.128. The van der Waals surface area contributed by atoms with Gasteiger partial charge in [0.15, 0.2) is 5.96 Å². The molecule has 2 N–H and O–H groups in total. The summed E-state index contributed by atoms with van der Waals surface area (Å²) in [5.74, 6) is 2.41. The van der Waals surface area contributed by atoms with Crippen molar-refractivity contribution in [2.45, 2.75) is 46.1 Å². The number of benzene rings is 1. The van der Waals surface area contributed by atoms with Crippen LogP contribution < -0.4 is 15.4 Å². The van der Waals surface area contributed by atoms with Gasteiger partial charge in [-0.15, -0.1) is 0 Å². The van der Waals surface area contributed by atoms with Gasteiger partial charge >= 0.3 is 0 Å². The number of guanidine groups is 1. The van der Waals surface area contributed by atoms with E-state index in [1.54, 1.807) is 7.11 Å². The Morgan fingerprint density at radius 1 is 1.21 bits per heavy atom. The zero-order chi connectivity index (χ0) is 20.9. The molecule has 0 bridgehead atoms. The van der Waals surface area contributed by atoms with Gasteiger partial charge in [-0.1, -0.05) is 26.0 Å². The molecule has 0 aromatic heterocycles. The Bertz CT molecular complexity index is 581. The first-order valence-electron chi connectivity index (χ1n) is 11.1. The lowest BCUT2D eigenvalue weighted by Gasteiger charge is -2.32. The van der Waals surface area contributed by atoms with E-state index in [4.69, 9.17) is 14.5 Å². The van der Waals surface area contributed by atoms with Gasteiger partial charge in [0.05, 0.1) is 13.2 Å². The van der Waals surface area contributed by atoms with Crippen LogP contribution in [0.5, 0.6) is 5.75 Å². The fourth-order valence-electron chi connectivity index (χ4n) is 3.35. The Labute approximate surface area is 177 Å². The minimum Gasteiger partial charge on any atom is -0.493 e. The average Bonchev–Trinajstić information content (AvgIpc) is 2.73. The van der Waals surface area contributed by atoms with Gasteiger partial charge in [-0.05, 0) is 49.8 Å². The third-order valence-corrected chi connectivity index (χ3v) is 5.06. The molecule has 0 radical (unpaired) electrons. The summed E-state index contributed by atoms with van der Waals surface area (Å²) in [6.07, 6.45) is 3.22. The van der Waals surface area contributed by atoms with Gasteiger partial charge in [0.25, 0.3) is 0 Å². The molecule has 29 heavy (non-hydrogen) atoms. The molecule has 0 aliphatic carbocycles. The summed E-state index contributed by atoms with van der Waals surface area (Å²) in [5, 5.41) is 7.00. The van der Waals surface area contributed by atoms with Crippen LogP contribution in [-0.4, -0.2) is 69.9 Å². The first kappa shape index (κ1) is 23.5. The van der Waals surface area contributed by atoms with Gasteiger partial charge in [-0.2, -0.15) is 0 Å². The minimum atomic E-state index is 0.490. The number of methoxy groups -OCH3 is 1. The molecule has 1 aromatic rings. The molecule has 6 nitrogen and oxygen atoms in total. The predicted octanol–water partition coefficient (Wildman–Crippen LogP) is 2.93. The van der Waals surface area contributed by atoms with Crippen LogP contribution in [0.3, 0.4) is 0 Å². The third-order valence-electron chi connectivity index (χ3n) is 5.06. The largest absolute Gasteiger partial charge is 0.493 e. The topological polar surface area (TPSA) is 58.1 Å². The lowest BCUT2D eigenvalue weighted by Crippen LogP contribution is -2.49. The Balaban J connectivity index is 1.76. The summed E-state index contributed by atoms with van der Waals surface area (Å²) in [6, 6.07) is 8.89. The summed E-state index contributed by atoms with van der Waals surface area (Å²) >= 11 is 0. The van der Waals surface area contributed by atoms with E-state index in [0.717, 1.165) is 76.9 Å². The van der Waals surface area contributed by atoms with Crippen LogP contribution >= 0.6 is 0 Å². The highest BCUT2D eigenvalue weighted by molar-refractivity contribution is 5.80. The second kappa shape index (κ2) is 13.4. The van der Waals surface area contributed by atoms with E-state index in [9.17, 15) is 0 Å². The molecule has 1 aliphatic heterocycles. The first-order valence-corrected chi connectivity index (χ1v) is 11.1. The SMILES string of the molecule is CCNC(=NCCc1ccc(OCC(C)C)cc1)NC1CCN(CCOC)CC1. The van der Waals surface area contributed by atoms with E-state index in [1.165, 1.54) is 5.56 Å². The number of nitrogens with one attached hydrogen (secondary N) is 2. The first-order chi connectivity index (χ1) is 14.1. The average molecular weight is 405 g/mol. The highest BCUT2D eigenvalue weighted by Gasteiger charge is 2.19. The quantitative estimate of drug-likeness (QED) is 0.439. The smallest absolute Gasteiger partial charge is 0.191 e. The molecular weight excluding hydrogens is 364 g/mol. The highest BCUT2D eigenvalue weighted by atomic mass is 16.5. The Hall–Kier alpha value is -1.79. The predicted molar refractivity (Wildman–Crippen MR) is 121 cm³/mol. The standard InChI is InChI=1S/C23H40N4O2/c1-5-24-23(26-21-11-14-27(15-12-21)16-17-28-4)25-13-10-20-6-8-22(9-7-20)29-18-19(2)3/h6-9,19,21H,5,10-18H2,1-4H3,(H2,24,25,26). The molecular formula is C23H40N4O2. The number of ether oxygens (including phenoxy) is 2. The number of aliphatic imine (C=N–C) groups is 1. The van der Waals surface area contributed by atoms with Gasteiger partial charge < -0.3 is 25.0 Å². The zero-order valence-electron chi connectivity index (χ0n) is 18.7. The molecule has 0 amide bonds. The maximum absolute atomic E-state index is 5.75. The maximum Gasteiger partial charge on any atom is 0.191 e. The van der Waals surface area contributed by atoms with E-state index in [1.807, 2.05) is 0 Å². The Morgan fingerprint density at radius 2 is 1.93 bits per heavy atom. The van der Waals surface area contributed by atoms with Crippen molar-refractivity contribution >= 4 is 5.96 Å². The summed E-state index contributed by atoms with van der Waals surface area (Å²) in [5.41, 5.74) is 1.29. The van der Waals surface area contributed by atoms with Gasteiger partial charge in [-0.3, -0.25) is 4.99 Å². The lowest BCUT2D eigenvalue weighted by atomic mass is 10.1. The summed E-state index contributed by atoms with van der Waals surface area (Å²) in [6.45, 7) is 12.9. The fraction of sp³-hybridized carbons (Fsp3) is 0.696. The molecule has 0 spiro atoms. The van der Waals surface area contributed by atoms with Crippen molar-refractivity contribution in [3.63, 3.8) is 0 Å². The number of nitrogens with zero attached hydrogens (tertiary/aromatic N) is 2. The van der Waals surface area contributed by atoms with Crippen LogP contribution in [0.15, 0.2) is 29.3 Å². The van der Waals surface area contributed by atoms with E-state index < -0.39 is 0 Å². The molecule has 1 aliphatic rings. The second-order valence-electron chi connectivity index (χ2n) is 8.11. The van der Waals surface area contributed by atoms with Crippen molar-refractivity contribution in [3.05, 3.63) is 29.8 Å². The molecule has 1 fully saturated rings. The van der Waals surface area contributed by atoms with Gasteiger partial charge in [0.1, 0.15) is 5.75 Å². The normalized spacial score (nSPS) is 16.2. The number of piperidine rings is 1. The van der Waals surface area contributed by atoms with Crippen LogP contribution in [0.2, 0.25) is 0 Å². The van der Waals surface area contributed by atoms with Crippen molar-refractivity contribution in [2.24, 2.45) is 10.9 Å². The summed E-state index contributed by atoms with van der Waals surface area (Å²) in [7, 11) is 1.77. The van der Waals surface area contributed by atoms with Crippen LogP contribution in [0.1, 0.15) is 39.2 Å². The summed E-state index contributed by atoms with van der Waals surface area (Å²) in [4.78, 5) is 7.26. The summed E-state index contributed by atoms with van der Waals surface area (Å²) < 4.78 is 10.9. The molecule has 0 unspecified atom stereocenters. The Morgan fingerprint density at radius 3 is 2.55 bits per heavy atom. The van der Waals surface area contributed by atoms with Gasteiger partial charge in [0.2, 0.25) is 0 Å². The van der Waals surface area contributed by atoms with E-state index in [0.29, 0.717) is 12.0 Å². The molecule has 0 saturated carbocycles. The molecule has 0 atom stereocenters. The van der Waals surface area contributed by atoms with Gasteiger partial charge in [0, 0.05) is 45.9 Å². The molecule has 6 heteroatoms. The molecule has 164 valence electrons. The van der Waals surface area contributed by atoms with E-state index in [-0.39, 0.29) is 0 Å². The van der Waals surface area contributed by atoms with Crippen LogP contribution in [0, 0.1) is 5.92 Å². The highest BCUT2D eigenvalue weighted by Crippen LogP contribution is 2.14. The van der Waals surface area contributed by atoms with Gasteiger partial charge in [-0.25, -0.2) is 0 Å². The molecule has 1 heterocycles. The zero-order valence-corrected chi connectivity index (χ0v) is 18.7. The number of hydrogen-bond acceptors (Lipinski definition) is 4. The van der Waals surface area contributed by atoms with Crippen molar-refractivity contribution < 1.29 is 9.47 Å². The van der Waals surface area contributed by atoms with Crippen LogP contribution in [0.4, 0.5) is 0 Å². The number of rotatable bonds is 11. The van der Waals surface area contributed by atoms with E-state index >= 15 is 0 Å². The van der Waals surface area contributed by atoms with Crippen LogP contribution in [0.25, 0.3) is 0 Å². The van der Waals surface area contributed by atoms with E-state index in [2.05, 4.69) is 60.6 Å². The number of likely N-dealkylation sites (tertiary alicyclic amines) is 1. The third kappa shape index (κ3) is 9.50. The monoisotopic (exact) mass is 404 g/mol. The molecule has 1 saturated heterocycles. The minimum absolute atomic E-state index is 0.490. The second-order valence-corrected chi connectivity index (χ2v) is 8.11. The molecule has 1 aromatic carbocycles. The molecule has 2 rings (SSSR count).